The summed E-state index contributed by atoms with van der Waals surface area (Å²) in [4.78, 5) is 59.4. The van der Waals surface area contributed by atoms with Gasteiger partial charge in [-0.05, 0) is 0 Å². The van der Waals surface area contributed by atoms with Crippen LogP contribution in [-0.4, -0.2) is 116 Å². The predicted octanol–water partition coefficient (Wildman–Crippen LogP) is -3.33. The molecule has 9 unspecified atom stereocenters. The largest absolute Gasteiger partial charge is 0.470 e. The summed E-state index contributed by atoms with van der Waals surface area (Å²) in [5, 5.41) is 30.2. The van der Waals surface area contributed by atoms with Crippen LogP contribution >= 0.6 is 23.5 Å². The van der Waals surface area contributed by atoms with Crippen molar-refractivity contribution in [2.75, 3.05) is 13.2 Å². The van der Waals surface area contributed by atoms with E-state index in [0.29, 0.717) is 0 Å². The average molecular weight is 602 g/mol. The molecule has 20 nitrogen and oxygen atoms in total. The van der Waals surface area contributed by atoms with Gasteiger partial charge in [-0.25, -0.2) is 18.7 Å². The Morgan fingerprint density at radius 2 is 1.30 bits per heavy atom. The number of aromatic nitrogens is 2. The molecule has 214 valence electrons. The maximum absolute atomic E-state index is 11.6. The molecule has 2 saturated heterocycles. The topological polar surface area (TPSA) is 306 Å². The third-order valence-electron chi connectivity index (χ3n) is 5.15. The molecule has 37 heavy (non-hydrogen) atoms. The molecule has 0 saturated carbocycles. The molecule has 2 aliphatic rings. The summed E-state index contributed by atoms with van der Waals surface area (Å²) < 4.78 is 65.8. The lowest BCUT2D eigenvalue weighted by molar-refractivity contribution is -0.313. The van der Waals surface area contributed by atoms with E-state index in [0.717, 1.165) is 0 Å². The maximum Gasteiger partial charge on any atom is 0.470 e. The molecule has 0 aliphatic carbocycles. The van der Waals surface area contributed by atoms with E-state index in [1.165, 1.54) is 23.3 Å². The average Bonchev–Trinajstić information content (AvgIpc) is 3.38. The van der Waals surface area contributed by atoms with E-state index >= 15 is 0 Å². The Balaban J connectivity index is 1.94. The highest BCUT2D eigenvalue weighted by Crippen LogP contribution is 2.49. The van der Waals surface area contributed by atoms with Crippen molar-refractivity contribution in [1.29, 1.82) is 0 Å². The van der Waals surface area contributed by atoms with E-state index in [4.69, 9.17) is 28.5 Å². The fraction of sp³-hybridized carbons (Fsp3) is 0.786. The van der Waals surface area contributed by atoms with Gasteiger partial charge in [0.2, 0.25) is 0 Å². The van der Waals surface area contributed by atoms with Crippen molar-refractivity contribution in [3.63, 3.8) is 0 Å². The highest BCUT2D eigenvalue weighted by atomic mass is 31.2. The Morgan fingerprint density at radius 1 is 0.784 bits per heavy atom. The molecule has 2 fully saturated rings. The van der Waals surface area contributed by atoms with Crippen molar-refractivity contribution in [1.82, 2.24) is 9.55 Å². The zero-order valence-electron chi connectivity index (χ0n) is 18.3. The molecular weight excluding hydrogens is 577 g/mol. The third-order valence-corrected chi connectivity index (χ3v) is 6.70. The number of phosphoric acid groups is 3. The number of aliphatic hydroxyl groups excluding tert-OH is 3. The highest BCUT2D eigenvalue weighted by molar-refractivity contribution is 7.46. The maximum atomic E-state index is 11.6. The molecule has 9 atom stereocenters. The molecule has 0 radical (unpaired) electrons. The van der Waals surface area contributed by atoms with E-state index in [9.17, 15) is 48.6 Å². The molecule has 2 aliphatic heterocycles. The number of imidazole rings is 1. The zero-order chi connectivity index (χ0) is 27.8. The molecule has 1 aromatic heterocycles. The molecular formula is C14H25N2O18P3. The Labute approximate surface area is 207 Å². The Morgan fingerprint density at radius 3 is 1.78 bits per heavy atom. The number of hydrogen-bond donors (Lipinski definition) is 9. The lowest BCUT2D eigenvalue weighted by Gasteiger charge is -2.44. The van der Waals surface area contributed by atoms with Crippen LogP contribution in [0.25, 0.3) is 0 Å². The fourth-order valence-corrected chi connectivity index (χ4v) is 5.50. The van der Waals surface area contributed by atoms with E-state index in [-0.39, 0.29) is 0 Å². The van der Waals surface area contributed by atoms with Crippen molar-refractivity contribution in [3.8, 4) is 0 Å². The van der Waals surface area contributed by atoms with Crippen LogP contribution < -0.4 is 0 Å². The van der Waals surface area contributed by atoms with Gasteiger partial charge in [-0.15, -0.1) is 0 Å². The van der Waals surface area contributed by atoms with Crippen LogP contribution in [0.2, 0.25) is 0 Å². The summed E-state index contributed by atoms with van der Waals surface area (Å²) >= 11 is 0. The molecule has 3 rings (SSSR count). The number of ether oxygens (including phenoxy) is 3. The van der Waals surface area contributed by atoms with E-state index in [1.807, 2.05) is 0 Å². The van der Waals surface area contributed by atoms with Crippen molar-refractivity contribution in [3.05, 3.63) is 18.7 Å². The molecule has 3 heterocycles. The lowest BCUT2D eigenvalue weighted by atomic mass is 9.99. The third kappa shape index (κ3) is 8.15. The Bertz CT molecular complexity index is 1020. The van der Waals surface area contributed by atoms with Crippen LogP contribution in [-0.2, 0) is 41.5 Å². The quantitative estimate of drug-likeness (QED) is 0.112. The Hall–Kier alpha value is -0.700. The second-order valence-electron chi connectivity index (χ2n) is 7.76. The first-order chi connectivity index (χ1) is 17.0. The van der Waals surface area contributed by atoms with Gasteiger partial charge in [-0.2, -0.15) is 0 Å². The van der Waals surface area contributed by atoms with E-state index < -0.39 is 91.9 Å². The van der Waals surface area contributed by atoms with Crippen LogP contribution in [0, 0.1) is 0 Å². The smallest absolute Gasteiger partial charge is 0.394 e. The van der Waals surface area contributed by atoms with Crippen LogP contribution in [0.5, 0.6) is 0 Å². The number of nitrogens with zero attached hydrogens (tertiary/aromatic N) is 2. The molecule has 23 heteroatoms. The summed E-state index contributed by atoms with van der Waals surface area (Å²) in [7, 11) is -16.1. The fourth-order valence-electron chi connectivity index (χ4n) is 3.82. The number of hydrogen-bond acceptors (Lipinski definition) is 13. The van der Waals surface area contributed by atoms with E-state index in [1.54, 1.807) is 0 Å². The first-order valence-electron chi connectivity index (χ1n) is 10.1. The van der Waals surface area contributed by atoms with Crippen molar-refractivity contribution < 1.29 is 86.2 Å². The second kappa shape index (κ2) is 11.8. The van der Waals surface area contributed by atoms with Gasteiger partial charge in [0.1, 0.15) is 42.7 Å². The van der Waals surface area contributed by atoms with Gasteiger partial charge in [-0.1, -0.05) is 0 Å². The number of phosphoric ester groups is 3. The Kier molecular flexibility index (Phi) is 9.84. The zero-order valence-corrected chi connectivity index (χ0v) is 21.0. The van der Waals surface area contributed by atoms with Gasteiger partial charge in [0.15, 0.2) is 12.5 Å². The molecule has 0 spiro atoms. The SMILES string of the molecule is O=P(O)(O)OC1C(CO)OC(OC2C(CO)OC(n3ccnc3)C2OP(=O)(O)O)C(O)C1OP(=O)(O)O. The molecule has 0 bridgehead atoms. The van der Waals surface area contributed by atoms with Gasteiger partial charge < -0.3 is 63.5 Å². The first-order valence-corrected chi connectivity index (χ1v) is 14.7. The molecule has 9 N–H and O–H groups in total. The van der Waals surface area contributed by atoms with Gasteiger partial charge in [0.05, 0.1) is 19.5 Å². The minimum absolute atomic E-state index is 0.824. The summed E-state index contributed by atoms with van der Waals surface area (Å²) in [6, 6.07) is 0. The summed E-state index contributed by atoms with van der Waals surface area (Å²) in [5.74, 6) is 0. The monoisotopic (exact) mass is 602 g/mol. The van der Waals surface area contributed by atoms with Crippen LogP contribution in [0.15, 0.2) is 18.7 Å². The van der Waals surface area contributed by atoms with E-state index in [2.05, 4.69) is 14.0 Å². The first kappa shape index (κ1) is 30.8. The van der Waals surface area contributed by atoms with Crippen molar-refractivity contribution in [2.24, 2.45) is 0 Å². The minimum atomic E-state index is -5.46. The minimum Gasteiger partial charge on any atom is -0.394 e. The van der Waals surface area contributed by atoms with Crippen molar-refractivity contribution in [2.45, 2.75) is 55.2 Å². The molecule has 0 aromatic carbocycles. The molecule has 1 aromatic rings. The summed E-state index contributed by atoms with van der Waals surface area (Å²) in [6.45, 7) is -1.92. The normalized spacial score (nSPS) is 35.6. The van der Waals surface area contributed by atoms with Gasteiger partial charge in [0, 0.05) is 12.4 Å². The standard InChI is InChI=1S/C14H25N2O18P3/c17-3-6-9(12(34-37(26,27)28)13(29-6)16-2-1-15-5-16)31-14-8(19)11(33-36(23,24)25)10(7(4-18)30-14)32-35(20,21)22/h1-2,5-14,17-19H,3-4H2,(H2,20,21,22)(H2,23,24,25)(H2,26,27,28). The predicted molar refractivity (Wildman–Crippen MR) is 111 cm³/mol. The van der Waals surface area contributed by atoms with Gasteiger partial charge in [-0.3, -0.25) is 13.6 Å². The number of rotatable bonds is 11. The van der Waals surface area contributed by atoms with Gasteiger partial charge in [0.25, 0.3) is 0 Å². The van der Waals surface area contributed by atoms with Gasteiger partial charge >= 0.3 is 23.5 Å². The summed E-state index contributed by atoms with van der Waals surface area (Å²) in [6.07, 6.45) is -12.9. The van der Waals surface area contributed by atoms with Crippen LogP contribution in [0.1, 0.15) is 6.23 Å². The highest BCUT2D eigenvalue weighted by Gasteiger charge is 2.56. The summed E-state index contributed by atoms with van der Waals surface area (Å²) in [5.41, 5.74) is 0. The van der Waals surface area contributed by atoms with Crippen LogP contribution in [0.3, 0.4) is 0 Å². The van der Waals surface area contributed by atoms with Crippen LogP contribution in [0.4, 0.5) is 0 Å². The lowest BCUT2D eigenvalue weighted by Crippen LogP contribution is -2.61. The number of aliphatic hydroxyl groups is 3. The second-order valence-corrected chi connectivity index (χ2v) is 11.3. The molecule has 0 amide bonds. The van der Waals surface area contributed by atoms with Crippen molar-refractivity contribution >= 4 is 23.5 Å².